The van der Waals surface area contributed by atoms with E-state index in [0.29, 0.717) is 89.7 Å². The van der Waals surface area contributed by atoms with E-state index in [9.17, 15) is 51.1 Å². The topological polar surface area (TPSA) is 343 Å². The van der Waals surface area contributed by atoms with E-state index in [1.165, 1.54) is 43.5 Å². The summed E-state index contributed by atoms with van der Waals surface area (Å²) in [7, 11) is 1.29. The minimum Gasteiger partial charge on any atom is -0.469 e. The Balaban J connectivity index is 0.000000179. The van der Waals surface area contributed by atoms with Crippen LogP contribution in [0, 0.1) is 23.3 Å². The van der Waals surface area contributed by atoms with Gasteiger partial charge in [0.15, 0.2) is 0 Å². The van der Waals surface area contributed by atoms with Crippen molar-refractivity contribution in [1.82, 2.24) is 60.9 Å². The van der Waals surface area contributed by atoms with Crippen LogP contribution in [-0.2, 0) is 65.7 Å². The number of rotatable bonds is 17. The first-order valence-corrected chi connectivity index (χ1v) is 28.7. The number of hydrazone groups is 2. The zero-order valence-corrected chi connectivity index (χ0v) is 50.4. The summed E-state index contributed by atoms with van der Waals surface area (Å²) in [5, 5.41) is 27.6. The number of imidazole rings is 2. The van der Waals surface area contributed by atoms with Crippen LogP contribution in [0.3, 0.4) is 0 Å². The third-order valence-corrected chi connectivity index (χ3v) is 13.2. The second-order valence-electron chi connectivity index (χ2n) is 19.7. The number of ether oxygens (including phenoxy) is 1. The van der Waals surface area contributed by atoms with Crippen LogP contribution >= 0.6 is 11.6 Å². The Morgan fingerprint density at radius 2 is 1.09 bits per heavy atom. The van der Waals surface area contributed by atoms with Gasteiger partial charge in [0.05, 0.1) is 86.6 Å². The van der Waals surface area contributed by atoms with Crippen molar-refractivity contribution in [1.29, 1.82) is 0 Å². The van der Waals surface area contributed by atoms with Crippen molar-refractivity contribution >= 4 is 69.4 Å². The van der Waals surface area contributed by atoms with Gasteiger partial charge >= 0.3 is 5.97 Å². The molecule has 11 rings (SSSR count). The van der Waals surface area contributed by atoms with Gasteiger partial charge in [-0.1, -0.05) is 84.4 Å². The molecule has 0 saturated heterocycles. The van der Waals surface area contributed by atoms with E-state index in [1.54, 1.807) is 100 Å². The number of aromatic nitrogens is 8. The van der Waals surface area contributed by atoms with Crippen molar-refractivity contribution in [3.05, 3.63) is 230 Å². The Morgan fingerprint density at radius 1 is 0.587 bits per heavy atom. The van der Waals surface area contributed by atoms with Crippen molar-refractivity contribution < 1.29 is 51.1 Å². The van der Waals surface area contributed by atoms with E-state index in [2.05, 4.69) is 66.8 Å². The zero-order chi connectivity index (χ0) is 66.2. The molecule has 29 heteroatoms. The first-order chi connectivity index (χ1) is 44.4. The number of halogens is 5. The van der Waals surface area contributed by atoms with Crippen LogP contribution in [0.1, 0.15) is 78.1 Å². The zero-order valence-electron chi connectivity index (χ0n) is 49.7. The maximum Gasteiger partial charge on any atom is 0.305 e. The number of amides is 4. The summed E-state index contributed by atoms with van der Waals surface area (Å²) >= 11 is 5.85. The molecule has 480 valence electrons. The minimum absolute atomic E-state index is 0.00298. The number of fused-ring (bicyclic) bond motifs is 2. The summed E-state index contributed by atoms with van der Waals surface area (Å²) in [6.45, 7) is 0.898. The van der Waals surface area contributed by atoms with Crippen LogP contribution in [0.25, 0.3) is 11.0 Å². The lowest BCUT2D eigenvalue weighted by Gasteiger charge is -2.12. The van der Waals surface area contributed by atoms with E-state index < -0.39 is 5.82 Å². The molecular weight excluding hydrogens is 1220 g/mol. The molecule has 4 amide bonds. The number of carbonyl (C=O) groups excluding carboxylic acids is 6. The lowest BCUT2D eigenvalue weighted by atomic mass is 10.1. The average molecular weight is 1290 g/mol. The van der Waals surface area contributed by atoms with Gasteiger partial charge in [0, 0.05) is 50.9 Å². The lowest BCUT2D eigenvalue weighted by Crippen LogP contribution is -2.35. The molecule has 0 bridgehead atoms. The SMILES string of the molecule is COC(=O)CCC(=O)CN.Fc1ccccc1Cc1ncc2ccc(Cl)nn12.Fc1ccccc1Cc1ncc2cccnn12.NCC1=NNC(=O)CC1.O=C(Cc1ccccc1F)NCC1=NNC(=O)CC1.O=C(Cc1ccccc1F)NCc1ccc(=O)[nH]n1. The number of aromatic amines is 1. The van der Waals surface area contributed by atoms with Crippen molar-refractivity contribution in [2.24, 2.45) is 21.7 Å². The summed E-state index contributed by atoms with van der Waals surface area (Å²) in [5.41, 5.74) is 20.4. The van der Waals surface area contributed by atoms with Gasteiger partial charge < -0.3 is 26.8 Å². The highest BCUT2D eigenvalue weighted by Gasteiger charge is 2.15. The number of nitrogens with zero attached hydrogens (tertiary/aromatic N) is 9. The number of methoxy groups -OCH3 is 1. The largest absolute Gasteiger partial charge is 0.469 e. The molecule has 7 heterocycles. The highest BCUT2D eigenvalue weighted by atomic mass is 35.5. The number of carbonyl (C=O) groups is 6. The van der Waals surface area contributed by atoms with Crippen molar-refractivity contribution in [3.8, 4) is 0 Å². The maximum absolute atomic E-state index is 13.6. The van der Waals surface area contributed by atoms with Crippen molar-refractivity contribution in [3.63, 3.8) is 0 Å². The molecule has 0 radical (unpaired) electrons. The third kappa shape index (κ3) is 24.0. The van der Waals surface area contributed by atoms with Crippen LogP contribution in [0.2, 0.25) is 5.15 Å². The van der Waals surface area contributed by atoms with Crippen LogP contribution in [-0.4, -0.2) is 113 Å². The molecule has 2 aliphatic rings. The number of nitrogens with one attached hydrogen (secondary N) is 5. The van der Waals surface area contributed by atoms with Crippen molar-refractivity contribution in [2.45, 2.75) is 70.8 Å². The molecule has 2 aliphatic heterocycles. The maximum atomic E-state index is 13.6. The van der Waals surface area contributed by atoms with Crippen LogP contribution < -0.4 is 38.5 Å². The molecule has 0 spiro atoms. The smallest absolute Gasteiger partial charge is 0.305 e. The average Bonchev–Trinajstić information content (AvgIpc) is 1.78. The fourth-order valence-electron chi connectivity index (χ4n) is 8.03. The molecule has 92 heavy (non-hydrogen) atoms. The fourth-order valence-corrected chi connectivity index (χ4v) is 8.17. The number of nitrogens with two attached hydrogens (primary N) is 2. The van der Waals surface area contributed by atoms with E-state index in [1.807, 2.05) is 24.3 Å². The Morgan fingerprint density at radius 3 is 1.57 bits per heavy atom. The molecule has 24 nitrogen and oxygen atoms in total. The van der Waals surface area contributed by atoms with Gasteiger partial charge in [-0.2, -0.15) is 25.5 Å². The first kappa shape index (κ1) is 70.4. The van der Waals surface area contributed by atoms with Gasteiger partial charge in [0.1, 0.15) is 45.9 Å². The summed E-state index contributed by atoms with van der Waals surface area (Å²) in [4.78, 5) is 84.8. The van der Waals surface area contributed by atoms with Gasteiger partial charge in [-0.05, 0) is 89.7 Å². The minimum atomic E-state index is -0.403. The number of benzene rings is 4. The standard InChI is InChI=1S/C13H9ClFN3.C13H14FN3O2.C13H12FN3O2.C13H10FN3.C6H11NO3.C5H9N3O/c14-12-6-5-10-8-16-13(18(10)17-12)7-9-3-1-2-4-11(9)15;2*14-11-4-2-1-3-9(11)7-13(19)15-8-10-5-6-12(18)17-16-10;14-12-6-2-1-4-10(12)8-13-15-9-11-5-3-7-16-17(11)13;1-10-6(9)3-2-5(8)4-7;6-3-4-1-2-5(9)8-7-4/h1-6,8H,7H2;1-4H,5-8H2,(H,15,19)(H,17,18);1-6H,7-8H2,(H,15,19)(H,17,18);1-7,9H,8H2;2-4,7H2,1H3;1-3,6H2,(H,8,9). The van der Waals surface area contributed by atoms with Gasteiger partial charge in [-0.15, -0.1) is 0 Å². The molecular formula is C63H65ClF4N16O8. The molecule has 0 aliphatic carbocycles. The fraction of sp³-hybridized carbons (Fsp3) is 0.238. The summed E-state index contributed by atoms with van der Waals surface area (Å²) < 4.78 is 61.4. The van der Waals surface area contributed by atoms with Crippen LogP contribution in [0.4, 0.5) is 17.6 Å². The van der Waals surface area contributed by atoms with Crippen molar-refractivity contribution in [2.75, 3.05) is 26.7 Å². The van der Waals surface area contributed by atoms with Gasteiger partial charge in [0.25, 0.3) is 5.56 Å². The van der Waals surface area contributed by atoms with Crippen LogP contribution in [0.15, 0.2) is 167 Å². The first-order valence-electron chi connectivity index (χ1n) is 28.4. The van der Waals surface area contributed by atoms with E-state index in [0.717, 1.165) is 22.6 Å². The normalized spacial score (nSPS) is 12.1. The van der Waals surface area contributed by atoms with Gasteiger partial charge in [-0.25, -0.2) is 52.5 Å². The number of hydrogen-bond acceptors (Lipinski definition) is 17. The summed E-state index contributed by atoms with van der Waals surface area (Å²) in [6, 6.07) is 35.8. The summed E-state index contributed by atoms with van der Waals surface area (Å²) in [6.07, 6.45) is 8.37. The second-order valence-corrected chi connectivity index (χ2v) is 20.1. The monoisotopic (exact) mass is 1280 g/mol. The van der Waals surface area contributed by atoms with E-state index in [-0.39, 0.29) is 104 Å². The number of ketones is 1. The molecule has 5 aromatic heterocycles. The molecule has 0 atom stereocenters. The molecule has 9 N–H and O–H groups in total. The number of Topliss-reactive ketones (excluding diaryl/α,β-unsaturated/α-hetero) is 1. The predicted molar refractivity (Wildman–Crippen MR) is 333 cm³/mol. The molecule has 4 aromatic carbocycles. The summed E-state index contributed by atoms with van der Waals surface area (Å²) in [5.74, 6) is -1.05. The highest BCUT2D eigenvalue weighted by molar-refractivity contribution is 6.29. The van der Waals surface area contributed by atoms with Gasteiger partial charge in [-0.3, -0.25) is 33.6 Å². The van der Waals surface area contributed by atoms with Crippen LogP contribution in [0.5, 0.6) is 0 Å². The Labute approximate surface area is 528 Å². The molecule has 0 saturated carbocycles. The Kier molecular flexibility index (Phi) is 28.6. The highest BCUT2D eigenvalue weighted by Crippen LogP contribution is 2.17. The molecule has 0 fully saturated rings. The van der Waals surface area contributed by atoms with E-state index >= 15 is 0 Å². The Hall–Kier alpha value is -10.7. The molecule has 9 aromatic rings. The second kappa shape index (κ2) is 37.3. The number of H-pyrrole nitrogens is 1. The number of esters is 1. The third-order valence-electron chi connectivity index (χ3n) is 13.0. The molecule has 0 unspecified atom stereocenters. The lowest BCUT2D eigenvalue weighted by molar-refractivity contribution is -0.141. The van der Waals surface area contributed by atoms with E-state index in [4.69, 9.17) is 23.1 Å². The Bertz CT molecular complexity index is 4050. The predicted octanol–water partition coefficient (Wildman–Crippen LogP) is 5.77. The number of hydrogen-bond donors (Lipinski definition) is 7. The van der Waals surface area contributed by atoms with Gasteiger partial charge in [0.2, 0.25) is 23.6 Å². The quantitative estimate of drug-likeness (QED) is 0.0420.